The molecule has 1 atom stereocenters. The fourth-order valence-electron chi connectivity index (χ4n) is 3.17. The minimum Gasteiger partial charge on any atom is -0.354 e. The third kappa shape index (κ3) is 4.98. The Kier molecular flexibility index (Phi) is 6.00. The van der Waals surface area contributed by atoms with Gasteiger partial charge in [0.1, 0.15) is 0 Å². The van der Waals surface area contributed by atoms with Crippen LogP contribution in [0.3, 0.4) is 0 Å². The third-order valence-corrected chi connectivity index (χ3v) is 5.30. The minimum atomic E-state index is 0.157. The van der Waals surface area contributed by atoms with Gasteiger partial charge in [0.15, 0.2) is 0 Å². The lowest BCUT2D eigenvalue weighted by Crippen LogP contribution is -2.37. The van der Waals surface area contributed by atoms with Crippen LogP contribution in [0.25, 0.3) is 0 Å². The molecule has 2 nitrogen and oxygen atoms in total. The van der Waals surface area contributed by atoms with Crippen molar-refractivity contribution in [2.75, 3.05) is 6.54 Å². The smallest absolute Gasteiger partial charge is 0.223 e. The van der Waals surface area contributed by atoms with Crippen LogP contribution >= 0.6 is 11.6 Å². The number of carbonyl (C=O) groups excluding carboxylic acids is 1. The summed E-state index contributed by atoms with van der Waals surface area (Å²) >= 11 is 6.23. The summed E-state index contributed by atoms with van der Waals surface area (Å²) in [5.41, 5.74) is 0. The normalized spacial score (nSPS) is 28.9. The van der Waals surface area contributed by atoms with E-state index in [1.807, 2.05) is 0 Å². The molecule has 0 spiro atoms. The van der Waals surface area contributed by atoms with Crippen molar-refractivity contribution in [3.63, 3.8) is 0 Å². The summed E-state index contributed by atoms with van der Waals surface area (Å²) in [6.45, 7) is 2.92. The maximum absolute atomic E-state index is 12.1. The maximum Gasteiger partial charge on any atom is 0.223 e. The molecule has 2 fully saturated rings. The molecule has 0 bridgehead atoms. The van der Waals surface area contributed by atoms with Crippen LogP contribution in [-0.2, 0) is 4.79 Å². The first kappa shape index (κ1) is 15.2. The van der Waals surface area contributed by atoms with Gasteiger partial charge < -0.3 is 5.32 Å². The van der Waals surface area contributed by atoms with Gasteiger partial charge in [-0.15, -0.1) is 11.6 Å². The Bertz CT molecular complexity index is 282. The summed E-state index contributed by atoms with van der Waals surface area (Å²) in [4.78, 5) is 12.1. The molecule has 0 heterocycles. The Labute approximate surface area is 122 Å². The lowest BCUT2D eigenvalue weighted by atomic mass is 9.79. The standard InChI is InChI=1S/C16H28ClNO/c1-2-3-4-12-5-7-14(8-6-12)16(19)18-11-15(17)13-9-10-13/h12-15H,2-11H2,1H3,(H,18,19). The number of hydrogen-bond acceptors (Lipinski definition) is 1. The quantitative estimate of drug-likeness (QED) is 0.701. The van der Waals surface area contributed by atoms with E-state index in [1.165, 1.54) is 44.9 Å². The summed E-state index contributed by atoms with van der Waals surface area (Å²) in [6, 6.07) is 0. The van der Waals surface area contributed by atoms with Gasteiger partial charge in [-0.3, -0.25) is 4.79 Å². The Morgan fingerprint density at radius 2 is 1.89 bits per heavy atom. The maximum atomic E-state index is 12.1. The zero-order chi connectivity index (χ0) is 13.7. The Balaban J connectivity index is 1.61. The van der Waals surface area contributed by atoms with Crippen molar-refractivity contribution in [3.05, 3.63) is 0 Å². The van der Waals surface area contributed by atoms with Crippen molar-refractivity contribution >= 4 is 17.5 Å². The largest absolute Gasteiger partial charge is 0.354 e. The highest BCUT2D eigenvalue weighted by Crippen LogP contribution is 2.35. The van der Waals surface area contributed by atoms with Gasteiger partial charge in [-0.05, 0) is 50.4 Å². The molecular formula is C16H28ClNO. The number of alkyl halides is 1. The van der Waals surface area contributed by atoms with Crippen LogP contribution in [0, 0.1) is 17.8 Å². The summed E-state index contributed by atoms with van der Waals surface area (Å²) in [5, 5.41) is 3.22. The van der Waals surface area contributed by atoms with E-state index in [0.29, 0.717) is 12.5 Å². The van der Waals surface area contributed by atoms with Gasteiger partial charge in [0, 0.05) is 12.5 Å². The molecule has 2 saturated carbocycles. The van der Waals surface area contributed by atoms with Crippen LogP contribution in [0.4, 0.5) is 0 Å². The Morgan fingerprint density at radius 3 is 2.47 bits per heavy atom. The van der Waals surface area contributed by atoms with Gasteiger partial charge in [-0.2, -0.15) is 0 Å². The minimum absolute atomic E-state index is 0.157. The number of unbranched alkanes of at least 4 members (excludes halogenated alkanes) is 1. The SMILES string of the molecule is CCCCC1CCC(C(=O)NCC(Cl)C2CC2)CC1. The average molecular weight is 286 g/mol. The van der Waals surface area contributed by atoms with E-state index in [2.05, 4.69) is 12.2 Å². The predicted octanol–water partition coefficient (Wildman–Crippen LogP) is 4.12. The summed E-state index contributed by atoms with van der Waals surface area (Å²) < 4.78 is 0. The summed E-state index contributed by atoms with van der Waals surface area (Å²) in [7, 11) is 0. The molecule has 2 rings (SSSR count). The van der Waals surface area contributed by atoms with Gasteiger partial charge in [0.2, 0.25) is 5.91 Å². The lowest BCUT2D eigenvalue weighted by Gasteiger charge is -2.28. The highest BCUT2D eigenvalue weighted by Gasteiger charge is 2.31. The Hall–Kier alpha value is -0.240. The van der Waals surface area contributed by atoms with Gasteiger partial charge in [-0.25, -0.2) is 0 Å². The van der Waals surface area contributed by atoms with Crippen LogP contribution in [-0.4, -0.2) is 17.8 Å². The first-order chi connectivity index (χ1) is 9.20. The van der Waals surface area contributed by atoms with E-state index in [4.69, 9.17) is 11.6 Å². The van der Waals surface area contributed by atoms with Crippen LogP contribution < -0.4 is 5.32 Å². The van der Waals surface area contributed by atoms with Gasteiger partial charge in [-0.1, -0.05) is 26.2 Å². The van der Waals surface area contributed by atoms with Crippen molar-refractivity contribution < 1.29 is 4.79 Å². The fourth-order valence-corrected chi connectivity index (χ4v) is 3.50. The van der Waals surface area contributed by atoms with E-state index in [9.17, 15) is 4.79 Å². The van der Waals surface area contributed by atoms with Gasteiger partial charge in [0.05, 0.1) is 5.38 Å². The van der Waals surface area contributed by atoms with E-state index in [1.54, 1.807) is 0 Å². The highest BCUT2D eigenvalue weighted by molar-refractivity contribution is 6.21. The lowest BCUT2D eigenvalue weighted by molar-refractivity contribution is -0.126. The number of hydrogen-bond donors (Lipinski definition) is 1. The van der Waals surface area contributed by atoms with E-state index < -0.39 is 0 Å². The zero-order valence-electron chi connectivity index (χ0n) is 12.2. The summed E-state index contributed by atoms with van der Waals surface area (Å²) in [6.07, 6.45) is 11.1. The van der Waals surface area contributed by atoms with Gasteiger partial charge in [0.25, 0.3) is 0 Å². The van der Waals surface area contributed by atoms with Crippen molar-refractivity contribution in [1.29, 1.82) is 0 Å². The van der Waals surface area contributed by atoms with Crippen LogP contribution in [0.2, 0.25) is 0 Å². The van der Waals surface area contributed by atoms with Crippen molar-refractivity contribution in [2.24, 2.45) is 17.8 Å². The molecule has 110 valence electrons. The number of carbonyl (C=O) groups is 1. The fraction of sp³-hybridized carbons (Fsp3) is 0.938. The molecule has 2 aliphatic carbocycles. The molecule has 1 N–H and O–H groups in total. The molecule has 0 aromatic heterocycles. The Morgan fingerprint density at radius 1 is 1.21 bits per heavy atom. The molecule has 3 heteroatoms. The monoisotopic (exact) mass is 285 g/mol. The molecule has 0 aliphatic heterocycles. The van der Waals surface area contributed by atoms with Gasteiger partial charge >= 0.3 is 0 Å². The molecule has 0 saturated heterocycles. The van der Waals surface area contributed by atoms with Crippen molar-refractivity contribution in [1.82, 2.24) is 5.32 Å². The highest BCUT2D eigenvalue weighted by atomic mass is 35.5. The average Bonchev–Trinajstić information content (AvgIpc) is 3.27. The molecule has 0 aromatic carbocycles. The first-order valence-electron chi connectivity index (χ1n) is 8.12. The first-order valence-corrected chi connectivity index (χ1v) is 8.56. The second kappa shape index (κ2) is 7.52. The van der Waals surface area contributed by atoms with E-state index >= 15 is 0 Å². The molecule has 1 amide bonds. The number of rotatable bonds is 7. The van der Waals surface area contributed by atoms with Crippen LogP contribution in [0.1, 0.15) is 64.7 Å². The summed E-state index contributed by atoms with van der Waals surface area (Å²) in [5.74, 6) is 2.03. The van der Waals surface area contributed by atoms with Crippen LogP contribution in [0.15, 0.2) is 0 Å². The second-order valence-corrected chi connectivity index (χ2v) is 7.02. The predicted molar refractivity (Wildman–Crippen MR) is 80.3 cm³/mol. The number of halogens is 1. The van der Waals surface area contributed by atoms with Crippen molar-refractivity contribution in [2.45, 2.75) is 70.1 Å². The molecule has 19 heavy (non-hydrogen) atoms. The molecular weight excluding hydrogens is 258 g/mol. The van der Waals surface area contributed by atoms with E-state index in [0.717, 1.165) is 18.8 Å². The number of nitrogens with one attached hydrogen (secondary N) is 1. The van der Waals surface area contributed by atoms with E-state index in [-0.39, 0.29) is 17.2 Å². The topological polar surface area (TPSA) is 29.1 Å². The van der Waals surface area contributed by atoms with Crippen LogP contribution in [0.5, 0.6) is 0 Å². The zero-order valence-corrected chi connectivity index (χ0v) is 12.9. The number of amides is 1. The molecule has 0 aromatic rings. The third-order valence-electron chi connectivity index (χ3n) is 4.79. The molecule has 0 radical (unpaired) electrons. The molecule has 2 aliphatic rings. The molecule has 1 unspecified atom stereocenters. The van der Waals surface area contributed by atoms with Crippen molar-refractivity contribution in [3.8, 4) is 0 Å². The second-order valence-electron chi connectivity index (χ2n) is 6.46.